The molecule has 0 amide bonds. The van der Waals surface area contributed by atoms with Crippen molar-refractivity contribution >= 4 is 16.5 Å². The van der Waals surface area contributed by atoms with Crippen LogP contribution in [-0.2, 0) is 0 Å². The number of nitrogens with zero attached hydrogens (tertiary/aromatic N) is 1. The maximum absolute atomic E-state index is 9.89. The van der Waals surface area contributed by atoms with E-state index >= 15 is 0 Å². The van der Waals surface area contributed by atoms with Crippen molar-refractivity contribution in [3.63, 3.8) is 0 Å². The molecule has 74 valence electrons. The topological polar surface area (TPSA) is 24.6 Å². The molecule has 0 saturated carbocycles. The number of phenols is 1. The molecule has 0 aliphatic carbocycles. The van der Waals surface area contributed by atoms with Crippen LogP contribution in [-0.4, -0.2) is 5.11 Å². The molecule has 15 heavy (non-hydrogen) atoms. The summed E-state index contributed by atoms with van der Waals surface area (Å²) in [6.07, 6.45) is 0. The highest BCUT2D eigenvalue weighted by Crippen LogP contribution is 2.35. The highest BCUT2D eigenvalue weighted by Gasteiger charge is 2.13. The first-order valence-electron chi connectivity index (χ1n) is 4.83. The van der Waals surface area contributed by atoms with Gasteiger partial charge in [-0.3, -0.25) is 0 Å². The van der Waals surface area contributed by atoms with Crippen LogP contribution < -0.4 is 0 Å². The molecule has 2 nitrogen and oxygen atoms in total. The van der Waals surface area contributed by atoms with Gasteiger partial charge in [0.2, 0.25) is 0 Å². The summed E-state index contributed by atoms with van der Waals surface area (Å²) in [4.78, 5) is 4.18. The number of fused-ring (bicyclic) bond motifs is 1. The van der Waals surface area contributed by atoms with E-state index in [1.165, 1.54) is 0 Å². The average Bonchev–Trinajstić information content (AvgIpc) is 2.26. The zero-order chi connectivity index (χ0) is 10.8. The molecular formula is C13H12NO+. The SMILES string of the molecule is CC#[N+]c1cc(C)c(O)c2ccccc12. The Bertz CT molecular complexity index is 576. The van der Waals surface area contributed by atoms with E-state index in [1.54, 1.807) is 6.92 Å². The lowest BCUT2D eigenvalue weighted by molar-refractivity contribution is 0.477. The van der Waals surface area contributed by atoms with Gasteiger partial charge in [0.1, 0.15) is 5.75 Å². The monoisotopic (exact) mass is 198 g/mol. The Morgan fingerprint density at radius 3 is 2.53 bits per heavy atom. The average molecular weight is 198 g/mol. The van der Waals surface area contributed by atoms with Gasteiger partial charge < -0.3 is 5.11 Å². The first-order chi connectivity index (χ1) is 7.24. The third-order valence-corrected chi connectivity index (χ3v) is 2.42. The van der Waals surface area contributed by atoms with E-state index in [1.807, 2.05) is 37.3 Å². The summed E-state index contributed by atoms with van der Waals surface area (Å²) < 4.78 is 0. The quantitative estimate of drug-likeness (QED) is 0.683. The summed E-state index contributed by atoms with van der Waals surface area (Å²) in [5.74, 6) is 0.334. The predicted molar refractivity (Wildman–Crippen MR) is 62.9 cm³/mol. The lowest BCUT2D eigenvalue weighted by Gasteiger charge is -2.01. The molecule has 0 spiro atoms. The lowest BCUT2D eigenvalue weighted by atomic mass is 10.0. The van der Waals surface area contributed by atoms with E-state index in [-0.39, 0.29) is 0 Å². The van der Waals surface area contributed by atoms with Gasteiger partial charge >= 0.3 is 5.69 Å². The van der Waals surface area contributed by atoms with Crippen LogP contribution in [0.1, 0.15) is 12.5 Å². The van der Waals surface area contributed by atoms with E-state index in [0.29, 0.717) is 5.75 Å². The molecule has 2 aromatic carbocycles. The Hall–Kier alpha value is -2.01. The Morgan fingerprint density at radius 2 is 1.87 bits per heavy atom. The molecule has 2 rings (SSSR count). The second-order valence-corrected chi connectivity index (χ2v) is 3.44. The summed E-state index contributed by atoms with van der Waals surface area (Å²) in [5, 5.41) is 11.7. The Kier molecular flexibility index (Phi) is 2.31. The number of aryl methyl sites for hydroxylation is 1. The minimum absolute atomic E-state index is 0.334. The van der Waals surface area contributed by atoms with Gasteiger partial charge in [0.25, 0.3) is 6.07 Å². The van der Waals surface area contributed by atoms with Crippen LogP contribution in [0.25, 0.3) is 15.6 Å². The van der Waals surface area contributed by atoms with Gasteiger partial charge in [0.05, 0.1) is 12.3 Å². The Morgan fingerprint density at radius 1 is 1.20 bits per heavy atom. The molecule has 0 heterocycles. The van der Waals surface area contributed by atoms with Gasteiger partial charge in [0.15, 0.2) is 0 Å². The standard InChI is InChI=1S/C13H11NO/c1-3-14-12-8-9(2)13(15)11-7-5-4-6-10(11)12/h4-8H,1-2H3/p+1. The molecule has 0 bridgehead atoms. The zero-order valence-electron chi connectivity index (χ0n) is 8.78. The largest absolute Gasteiger partial charge is 0.507 e. The number of hydrogen-bond acceptors (Lipinski definition) is 1. The third kappa shape index (κ3) is 1.53. The molecule has 0 aliphatic rings. The van der Waals surface area contributed by atoms with Crippen LogP contribution >= 0.6 is 0 Å². The van der Waals surface area contributed by atoms with Gasteiger partial charge in [0, 0.05) is 11.5 Å². The highest BCUT2D eigenvalue weighted by molar-refractivity contribution is 5.99. The van der Waals surface area contributed by atoms with Gasteiger partial charge in [-0.2, -0.15) is 0 Å². The van der Waals surface area contributed by atoms with E-state index in [0.717, 1.165) is 22.0 Å². The molecule has 0 atom stereocenters. The maximum Gasteiger partial charge on any atom is 0.348 e. The van der Waals surface area contributed by atoms with Crippen LogP contribution in [0.3, 0.4) is 0 Å². The van der Waals surface area contributed by atoms with E-state index in [2.05, 4.69) is 10.9 Å². The summed E-state index contributed by atoms with van der Waals surface area (Å²) in [6, 6.07) is 12.3. The second-order valence-electron chi connectivity index (χ2n) is 3.44. The molecule has 0 aliphatic heterocycles. The van der Waals surface area contributed by atoms with E-state index in [9.17, 15) is 5.11 Å². The van der Waals surface area contributed by atoms with Crippen molar-refractivity contribution < 1.29 is 5.11 Å². The van der Waals surface area contributed by atoms with Crippen molar-refractivity contribution in [1.29, 1.82) is 0 Å². The number of phenolic OH excluding ortho intramolecular Hbond substituents is 1. The maximum atomic E-state index is 9.89. The summed E-state index contributed by atoms with van der Waals surface area (Å²) in [6.45, 7) is 3.63. The summed E-state index contributed by atoms with van der Waals surface area (Å²) in [7, 11) is 0. The molecule has 2 heteroatoms. The molecule has 0 radical (unpaired) electrons. The van der Waals surface area contributed by atoms with Crippen molar-refractivity contribution in [2.24, 2.45) is 0 Å². The van der Waals surface area contributed by atoms with Crippen LogP contribution in [0.4, 0.5) is 5.69 Å². The smallest absolute Gasteiger partial charge is 0.348 e. The number of hydrogen-bond donors (Lipinski definition) is 1. The van der Waals surface area contributed by atoms with Crippen molar-refractivity contribution in [1.82, 2.24) is 0 Å². The molecule has 0 aromatic heterocycles. The van der Waals surface area contributed by atoms with Gasteiger partial charge in [-0.05, 0) is 23.4 Å². The van der Waals surface area contributed by atoms with Crippen molar-refractivity contribution in [3.05, 3.63) is 40.7 Å². The first-order valence-corrected chi connectivity index (χ1v) is 4.83. The van der Waals surface area contributed by atoms with Crippen LogP contribution in [0.5, 0.6) is 5.75 Å². The summed E-state index contributed by atoms with van der Waals surface area (Å²) >= 11 is 0. The number of benzene rings is 2. The van der Waals surface area contributed by atoms with Crippen LogP contribution in [0.2, 0.25) is 0 Å². The second kappa shape index (κ2) is 3.62. The molecule has 2 aromatic rings. The summed E-state index contributed by atoms with van der Waals surface area (Å²) in [5.41, 5.74) is 1.69. The van der Waals surface area contributed by atoms with Crippen molar-refractivity contribution in [2.45, 2.75) is 13.8 Å². The van der Waals surface area contributed by atoms with Crippen LogP contribution in [0.15, 0.2) is 30.3 Å². The lowest BCUT2D eigenvalue weighted by Crippen LogP contribution is -1.79. The fraction of sp³-hybridized carbons (Fsp3) is 0.154. The first kappa shape index (κ1) is 9.54. The minimum atomic E-state index is 0.334. The Labute approximate surface area is 88.6 Å². The zero-order valence-corrected chi connectivity index (χ0v) is 8.78. The highest BCUT2D eigenvalue weighted by atomic mass is 16.3. The van der Waals surface area contributed by atoms with Gasteiger partial charge in [-0.15, -0.1) is 0 Å². The molecule has 0 unspecified atom stereocenters. The predicted octanol–water partition coefficient (Wildman–Crippen LogP) is 3.84. The molecule has 0 fully saturated rings. The fourth-order valence-corrected chi connectivity index (χ4v) is 1.69. The molecule has 0 saturated heterocycles. The number of rotatable bonds is 0. The van der Waals surface area contributed by atoms with Crippen molar-refractivity contribution in [3.8, 4) is 11.8 Å². The van der Waals surface area contributed by atoms with E-state index in [4.69, 9.17) is 0 Å². The fourth-order valence-electron chi connectivity index (χ4n) is 1.69. The number of aromatic hydroxyl groups is 1. The third-order valence-electron chi connectivity index (χ3n) is 2.42. The molecule has 1 N–H and O–H groups in total. The molecular weight excluding hydrogens is 186 g/mol. The Balaban J connectivity index is 2.92. The van der Waals surface area contributed by atoms with Crippen molar-refractivity contribution in [2.75, 3.05) is 0 Å². The normalized spacial score (nSPS) is 9.73. The van der Waals surface area contributed by atoms with Gasteiger partial charge in [-0.25, -0.2) is 0 Å². The minimum Gasteiger partial charge on any atom is -0.507 e. The van der Waals surface area contributed by atoms with Crippen LogP contribution in [0, 0.1) is 13.0 Å². The van der Waals surface area contributed by atoms with Gasteiger partial charge in [-0.1, -0.05) is 18.2 Å². The van der Waals surface area contributed by atoms with E-state index < -0.39 is 0 Å².